The molecule has 0 aliphatic rings. The molecule has 27 heavy (non-hydrogen) atoms. The molecule has 0 spiro atoms. The van der Waals surface area contributed by atoms with Crippen molar-refractivity contribution in [1.82, 2.24) is 4.90 Å². The van der Waals surface area contributed by atoms with Gasteiger partial charge in [-0.2, -0.15) is 0 Å². The molecule has 0 aliphatic heterocycles. The number of furan rings is 1. The summed E-state index contributed by atoms with van der Waals surface area (Å²) in [6, 6.07) is 22.2. The molecule has 3 rings (SSSR count). The van der Waals surface area contributed by atoms with Crippen molar-refractivity contribution in [2.45, 2.75) is 25.8 Å². The minimum atomic E-state index is 0.0400. The number of rotatable bonds is 8. The molecule has 1 unspecified atom stereocenters. The molecular formula is C23H25NO3. The van der Waals surface area contributed by atoms with Gasteiger partial charge in [-0.25, -0.2) is 0 Å². The highest BCUT2D eigenvalue weighted by atomic mass is 16.5. The van der Waals surface area contributed by atoms with Crippen LogP contribution in [0.5, 0.6) is 5.75 Å². The summed E-state index contributed by atoms with van der Waals surface area (Å²) < 4.78 is 11.0. The van der Waals surface area contributed by atoms with Crippen LogP contribution >= 0.6 is 0 Å². The summed E-state index contributed by atoms with van der Waals surface area (Å²) in [4.78, 5) is 14.0. The maximum Gasteiger partial charge on any atom is 0.219 e. The van der Waals surface area contributed by atoms with E-state index in [1.54, 1.807) is 20.3 Å². The van der Waals surface area contributed by atoms with E-state index in [9.17, 15) is 4.79 Å². The van der Waals surface area contributed by atoms with Gasteiger partial charge in [-0.15, -0.1) is 0 Å². The van der Waals surface area contributed by atoms with Crippen LogP contribution in [0.25, 0.3) is 0 Å². The first-order valence-electron chi connectivity index (χ1n) is 9.14. The Labute approximate surface area is 160 Å². The molecule has 0 fully saturated rings. The topological polar surface area (TPSA) is 42.7 Å². The van der Waals surface area contributed by atoms with Crippen molar-refractivity contribution in [3.05, 3.63) is 89.9 Å². The van der Waals surface area contributed by atoms with Crippen LogP contribution in [0.4, 0.5) is 0 Å². The number of hydrogen-bond donors (Lipinski definition) is 0. The zero-order valence-electron chi connectivity index (χ0n) is 15.8. The van der Waals surface area contributed by atoms with Gasteiger partial charge in [-0.05, 0) is 30.2 Å². The lowest BCUT2D eigenvalue weighted by Crippen LogP contribution is -2.30. The molecule has 0 saturated carbocycles. The fraction of sp³-hybridized carbons (Fsp3) is 0.261. The van der Waals surface area contributed by atoms with E-state index in [2.05, 4.69) is 18.2 Å². The first-order chi connectivity index (χ1) is 13.2. The summed E-state index contributed by atoms with van der Waals surface area (Å²) in [5.74, 6) is 1.84. The third kappa shape index (κ3) is 4.79. The number of carbonyl (C=O) groups is 1. The lowest BCUT2D eigenvalue weighted by molar-refractivity contribution is -0.129. The first-order valence-corrected chi connectivity index (χ1v) is 9.14. The average Bonchev–Trinajstić information content (AvgIpc) is 3.21. The fourth-order valence-corrected chi connectivity index (χ4v) is 3.36. The molecule has 0 saturated heterocycles. The highest BCUT2D eigenvalue weighted by Crippen LogP contribution is 2.34. The second kappa shape index (κ2) is 9.08. The minimum Gasteiger partial charge on any atom is -0.496 e. The third-order valence-corrected chi connectivity index (χ3v) is 4.78. The van der Waals surface area contributed by atoms with Crippen LogP contribution in [0.3, 0.4) is 0 Å². The Balaban J connectivity index is 1.84. The van der Waals surface area contributed by atoms with E-state index >= 15 is 0 Å². The van der Waals surface area contributed by atoms with Gasteiger partial charge < -0.3 is 14.1 Å². The number of carbonyl (C=O) groups excluding carboxylic acids is 1. The van der Waals surface area contributed by atoms with Crippen molar-refractivity contribution < 1.29 is 13.9 Å². The molecule has 0 N–H and O–H groups in total. The number of hydrogen-bond acceptors (Lipinski definition) is 3. The summed E-state index contributed by atoms with van der Waals surface area (Å²) in [7, 11) is 1.69. The monoisotopic (exact) mass is 363 g/mol. The molecule has 1 amide bonds. The molecular weight excluding hydrogens is 338 g/mol. The lowest BCUT2D eigenvalue weighted by Gasteiger charge is -2.25. The van der Waals surface area contributed by atoms with E-state index in [1.165, 1.54) is 5.56 Å². The Morgan fingerprint density at radius 3 is 2.44 bits per heavy atom. The van der Waals surface area contributed by atoms with Crippen LogP contribution in [0.2, 0.25) is 0 Å². The highest BCUT2D eigenvalue weighted by molar-refractivity contribution is 5.73. The highest BCUT2D eigenvalue weighted by Gasteiger charge is 2.20. The maximum atomic E-state index is 12.1. The van der Waals surface area contributed by atoms with E-state index < -0.39 is 0 Å². The molecule has 0 aliphatic carbocycles. The number of ether oxygens (including phenoxy) is 1. The summed E-state index contributed by atoms with van der Waals surface area (Å²) in [5, 5.41) is 0. The average molecular weight is 363 g/mol. The Morgan fingerprint density at radius 2 is 1.78 bits per heavy atom. The van der Waals surface area contributed by atoms with Gasteiger partial charge in [-0.3, -0.25) is 4.79 Å². The van der Waals surface area contributed by atoms with Crippen molar-refractivity contribution in [2.24, 2.45) is 0 Å². The number of methoxy groups -OCH3 is 1. The second-order valence-electron chi connectivity index (χ2n) is 6.51. The molecule has 1 aromatic heterocycles. The van der Waals surface area contributed by atoms with Gasteiger partial charge in [0.25, 0.3) is 0 Å². The summed E-state index contributed by atoms with van der Waals surface area (Å²) in [6.07, 6.45) is 2.43. The summed E-state index contributed by atoms with van der Waals surface area (Å²) >= 11 is 0. The second-order valence-corrected chi connectivity index (χ2v) is 6.51. The molecule has 140 valence electrons. The quantitative estimate of drug-likeness (QED) is 0.574. The third-order valence-electron chi connectivity index (χ3n) is 4.78. The molecule has 0 radical (unpaired) electrons. The van der Waals surface area contributed by atoms with Crippen molar-refractivity contribution >= 4 is 5.91 Å². The van der Waals surface area contributed by atoms with Crippen LogP contribution in [0.15, 0.2) is 77.4 Å². The number of para-hydroxylation sites is 1. The van der Waals surface area contributed by atoms with Crippen LogP contribution in [0.1, 0.15) is 36.1 Å². The summed E-state index contributed by atoms with van der Waals surface area (Å²) in [6.45, 7) is 2.72. The van der Waals surface area contributed by atoms with E-state index in [1.807, 2.05) is 53.4 Å². The Bertz CT molecular complexity index is 843. The van der Waals surface area contributed by atoms with Gasteiger partial charge in [0, 0.05) is 24.9 Å². The van der Waals surface area contributed by atoms with Crippen molar-refractivity contribution in [3.8, 4) is 5.75 Å². The lowest BCUT2D eigenvalue weighted by atomic mass is 9.87. The first kappa shape index (κ1) is 18.8. The normalized spacial score (nSPS) is 11.8. The van der Waals surface area contributed by atoms with Crippen LogP contribution < -0.4 is 4.74 Å². The standard InChI is InChI=1S/C23H25NO3/c1-18(25)24(17-20-11-8-16-27-20)15-14-21(19-9-4-3-5-10-19)22-12-6-7-13-23(22)26-2/h3-13,16,21H,14-15,17H2,1-2H3. The van der Waals surface area contributed by atoms with Crippen molar-refractivity contribution in [3.63, 3.8) is 0 Å². The minimum absolute atomic E-state index is 0.0400. The van der Waals surface area contributed by atoms with Crippen molar-refractivity contribution in [1.29, 1.82) is 0 Å². The van der Waals surface area contributed by atoms with E-state index in [4.69, 9.17) is 9.15 Å². The largest absolute Gasteiger partial charge is 0.496 e. The molecule has 0 bridgehead atoms. The zero-order chi connectivity index (χ0) is 19.1. The Morgan fingerprint density at radius 1 is 1.04 bits per heavy atom. The van der Waals surface area contributed by atoms with Gasteiger partial charge in [0.1, 0.15) is 11.5 Å². The smallest absolute Gasteiger partial charge is 0.219 e. The van der Waals surface area contributed by atoms with Gasteiger partial charge in [-0.1, -0.05) is 48.5 Å². The van der Waals surface area contributed by atoms with Gasteiger partial charge in [0.2, 0.25) is 5.91 Å². The predicted octanol–water partition coefficient (Wildman–Crippen LogP) is 4.86. The molecule has 1 heterocycles. The van der Waals surface area contributed by atoms with Crippen LogP contribution in [-0.2, 0) is 11.3 Å². The van der Waals surface area contributed by atoms with E-state index in [0.717, 1.165) is 23.5 Å². The number of nitrogens with zero attached hydrogens (tertiary/aromatic N) is 1. The van der Waals surface area contributed by atoms with Crippen LogP contribution in [-0.4, -0.2) is 24.5 Å². The van der Waals surface area contributed by atoms with Gasteiger partial charge in [0.15, 0.2) is 0 Å². The molecule has 4 heteroatoms. The van der Waals surface area contributed by atoms with Gasteiger partial charge in [0.05, 0.1) is 19.9 Å². The number of benzene rings is 2. The summed E-state index contributed by atoms with van der Waals surface area (Å²) in [5.41, 5.74) is 2.34. The SMILES string of the molecule is COc1ccccc1C(CCN(Cc1ccco1)C(C)=O)c1ccccc1. The van der Waals surface area contributed by atoms with Crippen LogP contribution in [0, 0.1) is 0 Å². The maximum absolute atomic E-state index is 12.1. The Hall–Kier alpha value is -3.01. The fourth-order valence-electron chi connectivity index (χ4n) is 3.36. The zero-order valence-corrected chi connectivity index (χ0v) is 15.8. The van der Waals surface area contributed by atoms with Crippen molar-refractivity contribution in [2.75, 3.05) is 13.7 Å². The molecule has 2 aromatic carbocycles. The van der Waals surface area contributed by atoms with Gasteiger partial charge >= 0.3 is 0 Å². The van der Waals surface area contributed by atoms with E-state index in [-0.39, 0.29) is 11.8 Å². The number of amides is 1. The molecule has 1 atom stereocenters. The molecule has 3 aromatic rings. The molecule has 4 nitrogen and oxygen atoms in total. The Kier molecular flexibility index (Phi) is 6.31. The predicted molar refractivity (Wildman–Crippen MR) is 106 cm³/mol. The van der Waals surface area contributed by atoms with E-state index in [0.29, 0.717) is 13.1 Å².